The lowest BCUT2D eigenvalue weighted by Crippen LogP contribution is -1.95. The molecule has 0 N–H and O–H groups in total. The zero-order valence-corrected chi connectivity index (χ0v) is 8.44. The van der Waals surface area contributed by atoms with Gasteiger partial charge in [-0.25, -0.2) is 0 Å². The first-order valence-electron chi connectivity index (χ1n) is 3.83. The molecule has 0 aliphatic heterocycles. The van der Waals surface area contributed by atoms with Gasteiger partial charge >= 0.3 is 0 Å². The lowest BCUT2D eigenvalue weighted by atomic mass is 10.1. The van der Waals surface area contributed by atoms with Gasteiger partial charge in [0.15, 0.2) is 0 Å². The molecule has 0 radical (unpaired) electrons. The van der Waals surface area contributed by atoms with Crippen molar-refractivity contribution in [3.05, 3.63) is 0 Å². The van der Waals surface area contributed by atoms with E-state index in [4.69, 9.17) is 0 Å². The van der Waals surface area contributed by atoms with Gasteiger partial charge in [0.05, 0.1) is 0 Å². The molecule has 0 saturated heterocycles. The Balaban J connectivity index is 3.06. The first-order valence-corrected chi connectivity index (χ1v) is 5.24. The van der Waals surface area contributed by atoms with E-state index in [9.17, 15) is 4.79 Å². The molecule has 0 spiro atoms. The van der Waals surface area contributed by atoms with Crippen LogP contribution in [0.15, 0.2) is 0 Å². The zero-order valence-electron chi connectivity index (χ0n) is 6.44. The molecular weight excluding hydrogens is 127 g/mol. The summed E-state index contributed by atoms with van der Waals surface area (Å²) in [5, 5.41) is 1.14. The number of ketones is 1. The predicted octanol–water partition coefficient (Wildman–Crippen LogP) is 1.19. The monoisotopic (exact) mass is 142 g/mol. The molecule has 0 aromatic heterocycles. The van der Waals surface area contributed by atoms with Gasteiger partial charge in [-0.05, 0) is 12.8 Å². The predicted molar refractivity (Wildman–Crippen MR) is 42.5 cm³/mol. The minimum Gasteiger partial charge on any atom is -0.300 e. The van der Waals surface area contributed by atoms with Crippen molar-refractivity contribution in [3.8, 4) is 0 Å². The zero-order chi connectivity index (χ0) is 7.11. The van der Waals surface area contributed by atoms with Crippen LogP contribution in [0.4, 0.5) is 0 Å². The number of unbranched alkanes of at least 4 members (excludes halogenated alkanes) is 1. The highest BCUT2D eigenvalue weighted by molar-refractivity contribution is 6.10. The fraction of sp³-hybridized carbons (Fsp3) is 0.857. The van der Waals surface area contributed by atoms with Crippen LogP contribution in [0.1, 0.15) is 32.6 Å². The van der Waals surface area contributed by atoms with E-state index in [0.717, 1.165) is 31.0 Å². The Labute approximate surface area is 65.3 Å². The molecule has 0 aromatic rings. The van der Waals surface area contributed by atoms with E-state index in [1.54, 1.807) is 0 Å². The SMILES string of the molecule is CCCCC(=O)C[CH2][AlH2]. The van der Waals surface area contributed by atoms with E-state index in [2.05, 4.69) is 6.92 Å². The molecule has 0 aliphatic carbocycles. The highest BCUT2D eigenvalue weighted by Crippen LogP contribution is 1.99. The number of rotatable bonds is 5. The molecule has 9 heavy (non-hydrogen) atoms. The summed E-state index contributed by atoms with van der Waals surface area (Å²) in [4.78, 5) is 10.8. The van der Waals surface area contributed by atoms with Crippen LogP contribution in [-0.2, 0) is 4.79 Å². The minimum absolute atomic E-state index is 0.465. The first kappa shape index (κ1) is 9.20. The summed E-state index contributed by atoms with van der Waals surface area (Å²) in [6, 6.07) is 0. The normalized spacial score (nSPS) is 9.44. The lowest BCUT2D eigenvalue weighted by Gasteiger charge is -1.94. The maximum Gasteiger partial charge on any atom is 0.212 e. The summed E-state index contributed by atoms with van der Waals surface area (Å²) in [5.41, 5.74) is 0. The van der Waals surface area contributed by atoms with Gasteiger partial charge < -0.3 is 0 Å². The van der Waals surface area contributed by atoms with Crippen LogP contribution in [0.2, 0.25) is 5.28 Å². The van der Waals surface area contributed by atoms with Gasteiger partial charge in [0.1, 0.15) is 5.78 Å². The molecule has 1 nitrogen and oxygen atoms in total. The van der Waals surface area contributed by atoms with Gasteiger partial charge in [0.25, 0.3) is 0 Å². The lowest BCUT2D eigenvalue weighted by molar-refractivity contribution is -0.118. The van der Waals surface area contributed by atoms with E-state index in [0.29, 0.717) is 5.78 Å². The number of carbonyl (C=O) groups is 1. The number of hydrogen-bond donors (Lipinski definition) is 0. The van der Waals surface area contributed by atoms with Gasteiger partial charge in [-0.3, -0.25) is 4.79 Å². The summed E-state index contributed by atoms with van der Waals surface area (Å²) in [7, 11) is 0. The molecule has 0 bridgehead atoms. The second kappa shape index (κ2) is 6.32. The van der Waals surface area contributed by atoms with Crippen LogP contribution in [-0.4, -0.2) is 22.1 Å². The maximum absolute atomic E-state index is 10.8. The Morgan fingerprint density at radius 2 is 2.11 bits per heavy atom. The van der Waals surface area contributed by atoms with Crippen molar-refractivity contribution < 1.29 is 4.79 Å². The van der Waals surface area contributed by atoms with Crippen LogP contribution in [0, 0.1) is 0 Å². The van der Waals surface area contributed by atoms with Crippen molar-refractivity contribution in [3.63, 3.8) is 0 Å². The molecule has 0 heterocycles. The Kier molecular flexibility index (Phi) is 6.47. The van der Waals surface area contributed by atoms with Crippen LogP contribution >= 0.6 is 0 Å². The molecule has 0 aliphatic rings. The molecule has 0 aromatic carbocycles. The molecule has 0 saturated carbocycles. The second-order valence-corrected chi connectivity index (χ2v) is 3.39. The Morgan fingerprint density at radius 3 is 2.56 bits per heavy atom. The van der Waals surface area contributed by atoms with E-state index in [-0.39, 0.29) is 0 Å². The number of hydrogen-bond acceptors (Lipinski definition) is 1. The Bertz CT molecular complexity index is 81.0. The summed E-state index contributed by atoms with van der Waals surface area (Å²) in [5.74, 6) is 0.465. The summed E-state index contributed by atoms with van der Waals surface area (Å²) in [6.07, 6.45) is 3.89. The van der Waals surface area contributed by atoms with Crippen LogP contribution in [0.5, 0.6) is 0 Å². The standard InChI is InChI=1S/C7H13O.Al.2H/c1-3-5-6-7(8)4-2;;;/h2-6H2,1H3;;;. The largest absolute Gasteiger partial charge is 0.300 e. The Morgan fingerprint density at radius 1 is 1.44 bits per heavy atom. The summed E-state index contributed by atoms with van der Waals surface area (Å²) >= 11 is 1.17. The van der Waals surface area contributed by atoms with Gasteiger partial charge in [0, 0.05) is 6.42 Å². The van der Waals surface area contributed by atoms with Crippen molar-refractivity contribution in [2.45, 2.75) is 37.9 Å². The van der Waals surface area contributed by atoms with E-state index in [1.165, 1.54) is 16.3 Å². The highest BCUT2D eigenvalue weighted by atomic mass is 27.0. The number of Topliss-reactive ketones (excluding diaryl/α,β-unsaturated/α-hetero) is 1. The summed E-state index contributed by atoms with van der Waals surface area (Å²) in [6.45, 7) is 2.12. The van der Waals surface area contributed by atoms with E-state index < -0.39 is 0 Å². The van der Waals surface area contributed by atoms with Gasteiger partial charge in [-0.15, -0.1) is 0 Å². The van der Waals surface area contributed by atoms with Crippen molar-refractivity contribution in [2.75, 3.05) is 0 Å². The van der Waals surface area contributed by atoms with Crippen LogP contribution < -0.4 is 0 Å². The van der Waals surface area contributed by atoms with Crippen LogP contribution in [0.25, 0.3) is 0 Å². The fourth-order valence-corrected chi connectivity index (χ4v) is 1.34. The third kappa shape index (κ3) is 6.08. The molecule has 0 amide bonds. The van der Waals surface area contributed by atoms with Gasteiger partial charge in [0.2, 0.25) is 16.3 Å². The fourth-order valence-electron chi connectivity index (χ4n) is 0.778. The average molecular weight is 142 g/mol. The minimum atomic E-state index is 0.465. The molecule has 0 atom stereocenters. The molecule has 0 rings (SSSR count). The smallest absolute Gasteiger partial charge is 0.212 e. The van der Waals surface area contributed by atoms with Crippen LogP contribution in [0.3, 0.4) is 0 Å². The first-order chi connectivity index (χ1) is 4.31. The maximum atomic E-state index is 10.8. The van der Waals surface area contributed by atoms with E-state index in [1.807, 2.05) is 0 Å². The third-order valence-corrected chi connectivity index (χ3v) is 1.84. The quantitative estimate of drug-likeness (QED) is 0.527. The highest BCUT2D eigenvalue weighted by Gasteiger charge is 1.96. The van der Waals surface area contributed by atoms with Gasteiger partial charge in [-0.1, -0.05) is 18.6 Å². The summed E-state index contributed by atoms with van der Waals surface area (Å²) < 4.78 is 0. The van der Waals surface area contributed by atoms with Crippen molar-refractivity contribution in [2.24, 2.45) is 0 Å². The van der Waals surface area contributed by atoms with E-state index >= 15 is 0 Å². The van der Waals surface area contributed by atoms with Crippen molar-refractivity contribution in [1.29, 1.82) is 0 Å². The number of carbonyl (C=O) groups excluding carboxylic acids is 1. The average Bonchev–Trinajstić information content (AvgIpc) is 1.85. The second-order valence-electron chi connectivity index (χ2n) is 2.39. The molecule has 0 fully saturated rings. The third-order valence-electron chi connectivity index (χ3n) is 1.34. The molecular formula is C7H15AlO. The topological polar surface area (TPSA) is 17.1 Å². The van der Waals surface area contributed by atoms with Gasteiger partial charge in [-0.2, -0.15) is 0 Å². The van der Waals surface area contributed by atoms with Crippen molar-refractivity contribution in [1.82, 2.24) is 0 Å². The molecule has 2 heteroatoms. The Hall–Kier alpha value is 0.202. The van der Waals surface area contributed by atoms with Crippen molar-refractivity contribution >= 4 is 22.1 Å². The molecule has 0 unspecified atom stereocenters. The molecule has 52 valence electrons.